The van der Waals surface area contributed by atoms with E-state index in [1.54, 1.807) is 0 Å². The average molecular weight is 359 g/mol. The maximum absolute atomic E-state index is 12.6. The summed E-state index contributed by atoms with van der Waals surface area (Å²) in [5.41, 5.74) is 2.37. The first-order valence-corrected chi connectivity index (χ1v) is 9.64. The lowest BCUT2D eigenvalue weighted by molar-refractivity contribution is -0.116. The van der Waals surface area contributed by atoms with Gasteiger partial charge in [0, 0.05) is 5.69 Å². The number of amides is 1. The van der Waals surface area contributed by atoms with Crippen LogP contribution in [-0.4, -0.2) is 21.7 Å². The zero-order chi connectivity index (χ0) is 17.1. The fourth-order valence-corrected chi connectivity index (χ4v) is 3.84. The number of para-hydroxylation sites is 1. The maximum atomic E-state index is 12.6. The van der Waals surface area contributed by atoms with Crippen LogP contribution >= 0.6 is 23.1 Å². The predicted octanol–water partition coefficient (Wildman–Crippen LogP) is 3.38. The molecule has 24 heavy (non-hydrogen) atoms. The number of anilines is 1. The highest BCUT2D eigenvalue weighted by molar-refractivity contribution is 7.98. The fraction of sp³-hybridized carbons (Fsp3) is 0.235. The third-order valence-corrected chi connectivity index (χ3v) is 5.26. The highest BCUT2D eigenvalue weighted by atomic mass is 32.2. The van der Waals surface area contributed by atoms with Crippen LogP contribution < -0.4 is 10.9 Å². The zero-order valence-electron chi connectivity index (χ0n) is 13.4. The van der Waals surface area contributed by atoms with E-state index in [-0.39, 0.29) is 18.0 Å². The monoisotopic (exact) mass is 359 g/mol. The summed E-state index contributed by atoms with van der Waals surface area (Å²) in [5, 5.41) is 5.28. The molecule has 0 aliphatic carbocycles. The van der Waals surface area contributed by atoms with Crippen molar-refractivity contribution in [1.82, 2.24) is 9.55 Å². The van der Waals surface area contributed by atoms with Gasteiger partial charge in [-0.1, -0.05) is 36.9 Å². The molecule has 2 heterocycles. The summed E-state index contributed by atoms with van der Waals surface area (Å²) >= 11 is 2.71. The largest absolute Gasteiger partial charge is 0.324 e. The van der Waals surface area contributed by atoms with Gasteiger partial charge in [-0.2, -0.15) is 0 Å². The van der Waals surface area contributed by atoms with Crippen LogP contribution in [0.15, 0.2) is 45.7 Å². The summed E-state index contributed by atoms with van der Waals surface area (Å²) in [6.45, 7) is 1.99. The second-order valence-corrected chi connectivity index (χ2v) is 6.87. The number of carbonyl (C=O) groups is 1. The van der Waals surface area contributed by atoms with Gasteiger partial charge >= 0.3 is 0 Å². The van der Waals surface area contributed by atoms with Crippen LogP contribution in [0, 0.1) is 0 Å². The van der Waals surface area contributed by atoms with E-state index in [2.05, 4.69) is 10.3 Å². The smallest absolute Gasteiger partial charge is 0.272 e. The summed E-state index contributed by atoms with van der Waals surface area (Å²) < 4.78 is 2.02. The maximum Gasteiger partial charge on any atom is 0.272 e. The van der Waals surface area contributed by atoms with Crippen molar-refractivity contribution in [3.63, 3.8) is 0 Å². The van der Waals surface area contributed by atoms with Gasteiger partial charge in [0.1, 0.15) is 11.2 Å². The van der Waals surface area contributed by atoms with Gasteiger partial charge < -0.3 is 5.32 Å². The number of benzene rings is 1. The number of hydrogen-bond donors (Lipinski definition) is 1. The van der Waals surface area contributed by atoms with Gasteiger partial charge in [-0.3, -0.25) is 14.2 Å². The molecule has 0 saturated carbocycles. The predicted molar refractivity (Wildman–Crippen MR) is 100 cm³/mol. The van der Waals surface area contributed by atoms with E-state index >= 15 is 0 Å². The van der Waals surface area contributed by atoms with Crippen LogP contribution in [0.2, 0.25) is 0 Å². The molecule has 0 unspecified atom stereocenters. The highest BCUT2D eigenvalue weighted by Gasteiger charge is 2.15. The molecule has 3 aromatic rings. The molecular formula is C17H17N3O2S2. The molecule has 1 N–H and O–H groups in total. The Balaban J connectivity index is 1.90. The number of thiophene rings is 1. The Bertz CT molecular complexity index is 946. The van der Waals surface area contributed by atoms with Crippen LogP contribution in [0.1, 0.15) is 12.5 Å². The normalized spacial score (nSPS) is 10.9. The lowest BCUT2D eigenvalue weighted by Crippen LogP contribution is -2.29. The topological polar surface area (TPSA) is 64.0 Å². The Morgan fingerprint density at radius 3 is 2.88 bits per heavy atom. The minimum absolute atomic E-state index is 0.0477. The molecule has 0 atom stereocenters. The van der Waals surface area contributed by atoms with Crippen LogP contribution in [0.3, 0.4) is 0 Å². The van der Waals surface area contributed by atoms with Gasteiger partial charge in [0.15, 0.2) is 5.16 Å². The van der Waals surface area contributed by atoms with E-state index < -0.39 is 0 Å². The summed E-state index contributed by atoms with van der Waals surface area (Å²) in [5.74, 6) is -0.231. The molecular weight excluding hydrogens is 342 g/mol. The van der Waals surface area contributed by atoms with E-state index in [1.165, 1.54) is 27.7 Å². The Morgan fingerprint density at radius 2 is 2.12 bits per heavy atom. The fourth-order valence-electron chi connectivity index (χ4n) is 2.50. The second-order valence-electron chi connectivity index (χ2n) is 5.18. The number of nitrogens with zero attached hydrogens (tertiary/aromatic N) is 2. The first-order chi connectivity index (χ1) is 11.6. The van der Waals surface area contributed by atoms with Crippen molar-refractivity contribution in [2.45, 2.75) is 25.0 Å². The van der Waals surface area contributed by atoms with E-state index in [4.69, 9.17) is 0 Å². The van der Waals surface area contributed by atoms with E-state index in [0.717, 1.165) is 17.7 Å². The van der Waals surface area contributed by atoms with Crippen molar-refractivity contribution in [2.24, 2.45) is 0 Å². The number of aryl methyl sites for hydroxylation is 1. The van der Waals surface area contributed by atoms with Crippen LogP contribution in [0.5, 0.6) is 0 Å². The number of hydrogen-bond acceptors (Lipinski definition) is 5. The van der Waals surface area contributed by atoms with Crippen LogP contribution in [0.25, 0.3) is 10.2 Å². The second kappa shape index (κ2) is 7.19. The van der Waals surface area contributed by atoms with Crippen molar-refractivity contribution >= 4 is 44.9 Å². The number of aromatic nitrogens is 2. The van der Waals surface area contributed by atoms with Crippen molar-refractivity contribution in [3.05, 3.63) is 51.6 Å². The van der Waals surface area contributed by atoms with E-state index in [0.29, 0.717) is 15.4 Å². The van der Waals surface area contributed by atoms with E-state index in [1.807, 2.05) is 48.9 Å². The molecule has 2 aromatic heterocycles. The third kappa shape index (κ3) is 3.22. The van der Waals surface area contributed by atoms with Crippen molar-refractivity contribution in [1.29, 1.82) is 0 Å². The molecule has 0 fully saturated rings. The lowest BCUT2D eigenvalue weighted by Gasteiger charge is -2.12. The molecule has 5 nitrogen and oxygen atoms in total. The third-order valence-electron chi connectivity index (χ3n) is 3.69. The van der Waals surface area contributed by atoms with Gasteiger partial charge in [0.25, 0.3) is 5.56 Å². The zero-order valence-corrected chi connectivity index (χ0v) is 15.0. The molecule has 3 rings (SSSR count). The quantitative estimate of drug-likeness (QED) is 0.560. The molecule has 0 aliphatic rings. The summed E-state index contributed by atoms with van der Waals surface area (Å²) in [4.78, 5) is 29.5. The van der Waals surface area contributed by atoms with Crippen molar-refractivity contribution in [3.8, 4) is 0 Å². The van der Waals surface area contributed by atoms with E-state index in [9.17, 15) is 9.59 Å². The number of rotatable bonds is 5. The summed E-state index contributed by atoms with van der Waals surface area (Å²) in [7, 11) is 0. The number of carbonyl (C=O) groups excluding carboxylic acids is 1. The van der Waals surface area contributed by atoms with Crippen LogP contribution in [-0.2, 0) is 17.8 Å². The summed E-state index contributed by atoms with van der Waals surface area (Å²) in [6.07, 6.45) is 2.68. The molecule has 1 aromatic carbocycles. The minimum atomic E-state index is -0.231. The molecule has 0 spiro atoms. The Kier molecular flexibility index (Phi) is 5.01. The molecule has 7 heteroatoms. The molecule has 1 amide bonds. The lowest BCUT2D eigenvalue weighted by atomic mass is 10.1. The Morgan fingerprint density at radius 1 is 1.33 bits per heavy atom. The first kappa shape index (κ1) is 16.7. The Labute approximate surface area is 147 Å². The molecule has 124 valence electrons. The molecule has 0 saturated heterocycles. The molecule has 0 bridgehead atoms. The van der Waals surface area contributed by atoms with Gasteiger partial charge in [-0.15, -0.1) is 11.3 Å². The van der Waals surface area contributed by atoms with Crippen molar-refractivity contribution in [2.75, 3.05) is 11.6 Å². The van der Waals surface area contributed by atoms with Gasteiger partial charge in [0.05, 0.1) is 5.52 Å². The van der Waals surface area contributed by atoms with Gasteiger partial charge in [0.2, 0.25) is 5.91 Å². The summed E-state index contributed by atoms with van der Waals surface area (Å²) in [6, 6.07) is 9.50. The number of thioether (sulfide) groups is 1. The van der Waals surface area contributed by atoms with Gasteiger partial charge in [-0.25, -0.2) is 4.98 Å². The number of nitrogens with one attached hydrogen (secondary N) is 1. The van der Waals surface area contributed by atoms with Crippen molar-refractivity contribution < 1.29 is 4.79 Å². The first-order valence-electron chi connectivity index (χ1n) is 7.53. The standard InChI is InChI=1S/C17H17N3O2S2/c1-3-11-6-4-5-7-12(11)18-14(21)10-20-16(22)15-13(8-9-24-15)19-17(20)23-2/h4-9H,3,10H2,1-2H3,(H,18,21). The minimum Gasteiger partial charge on any atom is -0.324 e. The number of fused-ring (bicyclic) bond motifs is 1. The average Bonchev–Trinajstić information content (AvgIpc) is 3.06. The highest BCUT2D eigenvalue weighted by Crippen LogP contribution is 2.20. The van der Waals surface area contributed by atoms with Gasteiger partial charge in [-0.05, 0) is 35.8 Å². The molecule has 0 aliphatic heterocycles. The Hall–Kier alpha value is -2.12. The van der Waals surface area contributed by atoms with Crippen LogP contribution in [0.4, 0.5) is 5.69 Å². The molecule has 0 radical (unpaired) electrons. The SMILES string of the molecule is CCc1ccccc1NC(=O)Cn1c(SC)nc2ccsc2c1=O.